The molecule has 28 heavy (non-hydrogen) atoms. The highest BCUT2D eigenvalue weighted by atomic mass is 19.1. The molecule has 5 nitrogen and oxygen atoms in total. The van der Waals surface area contributed by atoms with Crippen LogP contribution in [0.5, 0.6) is 0 Å². The van der Waals surface area contributed by atoms with E-state index in [0.717, 1.165) is 22.1 Å². The van der Waals surface area contributed by atoms with Gasteiger partial charge in [0.05, 0.1) is 17.2 Å². The summed E-state index contributed by atoms with van der Waals surface area (Å²) in [6.45, 7) is 3.16. The van der Waals surface area contributed by atoms with Gasteiger partial charge in [0.25, 0.3) is 0 Å². The normalized spacial score (nSPS) is 19.6. The molecule has 1 aliphatic carbocycles. The third-order valence-corrected chi connectivity index (χ3v) is 5.20. The molecule has 1 atom stereocenters. The molecule has 142 valence electrons. The molecule has 1 aromatic heterocycles. The number of aliphatic imine (C=N–C) groups is 1. The molecule has 1 N–H and O–H groups in total. The van der Waals surface area contributed by atoms with Gasteiger partial charge in [0.1, 0.15) is 11.3 Å². The molecule has 2 aliphatic rings. The Labute approximate surface area is 161 Å². The quantitative estimate of drug-likeness (QED) is 0.652. The number of nitrogens with one attached hydrogen (secondary N) is 1. The standard InChI is InChI=1S/C22H19FN2O3/c1-4-12(9-24-3)13-6-5-7-14-15-8-17-18(22(15)28-21(13)14)19(23)20(27)16(10-25-17)11(2)26/h4-7,9-10,17,25H,8H2,1-3H3/b12-4+,24-9-. The van der Waals surface area contributed by atoms with E-state index in [1.807, 2.05) is 31.2 Å². The molecular formula is C22H19FN2O3. The van der Waals surface area contributed by atoms with Crippen LogP contribution in [0.15, 0.2) is 51.3 Å². The highest BCUT2D eigenvalue weighted by molar-refractivity contribution is 6.27. The molecule has 0 fully saturated rings. The minimum atomic E-state index is -0.933. The maximum absolute atomic E-state index is 15.1. The van der Waals surface area contributed by atoms with Gasteiger partial charge in [-0.3, -0.25) is 14.6 Å². The molecule has 6 heteroatoms. The molecule has 1 aliphatic heterocycles. The van der Waals surface area contributed by atoms with E-state index in [-0.39, 0.29) is 11.1 Å². The van der Waals surface area contributed by atoms with Gasteiger partial charge in [-0.25, -0.2) is 4.39 Å². The first-order chi connectivity index (χ1) is 13.5. The van der Waals surface area contributed by atoms with Crippen molar-refractivity contribution in [2.24, 2.45) is 4.99 Å². The van der Waals surface area contributed by atoms with Crippen LogP contribution >= 0.6 is 0 Å². The zero-order valence-corrected chi connectivity index (χ0v) is 15.8. The first kappa shape index (κ1) is 18.1. The van der Waals surface area contributed by atoms with Crippen molar-refractivity contribution in [2.45, 2.75) is 26.3 Å². The average molecular weight is 378 g/mol. The number of fused-ring (bicyclic) bond motifs is 5. The van der Waals surface area contributed by atoms with Crippen LogP contribution in [0.3, 0.4) is 0 Å². The van der Waals surface area contributed by atoms with Gasteiger partial charge in [-0.05, 0) is 19.4 Å². The number of nitrogens with zero attached hydrogens (tertiary/aromatic N) is 1. The molecule has 1 unspecified atom stereocenters. The predicted octanol–water partition coefficient (Wildman–Crippen LogP) is 3.79. The highest BCUT2D eigenvalue weighted by Crippen LogP contribution is 2.44. The Hall–Kier alpha value is -3.28. The van der Waals surface area contributed by atoms with Crippen molar-refractivity contribution in [1.29, 1.82) is 0 Å². The molecule has 0 saturated carbocycles. The monoisotopic (exact) mass is 378 g/mol. The number of Topliss-reactive ketones (excluding diaryl/α,β-unsaturated/α-hetero) is 2. The zero-order valence-electron chi connectivity index (χ0n) is 15.8. The lowest BCUT2D eigenvalue weighted by Crippen LogP contribution is -2.24. The number of halogens is 1. The largest absolute Gasteiger partial charge is 0.455 e. The van der Waals surface area contributed by atoms with Gasteiger partial charge >= 0.3 is 0 Å². The van der Waals surface area contributed by atoms with E-state index in [0.29, 0.717) is 17.8 Å². The van der Waals surface area contributed by atoms with E-state index in [1.54, 1.807) is 13.3 Å². The Morgan fingerprint density at radius 2 is 2.18 bits per heavy atom. The van der Waals surface area contributed by atoms with E-state index in [1.165, 1.54) is 13.1 Å². The summed E-state index contributed by atoms with van der Waals surface area (Å²) >= 11 is 0. The van der Waals surface area contributed by atoms with Gasteiger partial charge in [-0.15, -0.1) is 0 Å². The smallest absolute Gasteiger partial charge is 0.226 e. The number of furan rings is 1. The summed E-state index contributed by atoms with van der Waals surface area (Å²) < 4.78 is 21.2. The summed E-state index contributed by atoms with van der Waals surface area (Å²) in [5, 5.41) is 3.89. The number of hydrogen-bond donors (Lipinski definition) is 1. The van der Waals surface area contributed by atoms with Crippen LogP contribution in [0.1, 0.15) is 30.7 Å². The number of benzene rings is 1. The molecule has 0 bridgehead atoms. The van der Waals surface area contributed by atoms with Crippen molar-refractivity contribution in [3.63, 3.8) is 0 Å². The van der Waals surface area contributed by atoms with Gasteiger partial charge in [0.2, 0.25) is 5.78 Å². The first-order valence-corrected chi connectivity index (χ1v) is 9.03. The lowest BCUT2D eigenvalue weighted by Gasteiger charge is -2.11. The van der Waals surface area contributed by atoms with Crippen molar-refractivity contribution in [1.82, 2.24) is 5.32 Å². The van der Waals surface area contributed by atoms with Crippen molar-refractivity contribution >= 4 is 39.9 Å². The SMILES string of the molecule is C/C=C(\C=N/C)c1cccc2c3c(oc12)C1=C(F)C(=O)C(C(C)=O)=CNC1C3. The Bertz CT molecular complexity index is 1150. The van der Waals surface area contributed by atoms with Gasteiger partial charge in [-0.2, -0.15) is 0 Å². The molecule has 2 heterocycles. The minimum Gasteiger partial charge on any atom is -0.455 e. The zero-order chi connectivity index (χ0) is 20.0. The molecule has 0 radical (unpaired) electrons. The lowest BCUT2D eigenvalue weighted by molar-refractivity contribution is -0.119. The fraction of sp³-hybridized carbons (Fsp3) is 0.227. The molecule has 0 spiro atoms. The molecule has 4 rings (SSSR count). The van der Waals surface area contributed by atoms with Crippen LogP contribution in [0.2, 0.25) is 0 Å². The van der Waals surface area contributed by atoms with Crippen LogP contribution in [0.4, 0.5) is 4.39 Å². The topological polar surface area (TPSA) is 71.7 Å². The second-order valence-corrected chi connectivity index (χ2v) is 6.82. The van der Waals surface area contributed by atoms with E-state index in [2.05, 4.69) is 10.3 Å². The van der Waals surface area contributed by atoms with E-state index in [4.69, 9.17) is 4.42 Å². The molecule has 0 amide bonds. The number of carbonyl (C=O) groups excluding carboxylic acids is 2. The third-order valence-electron chi connectivity index (χ3n) is 5.20. The molecule has 2 aromatic rings. The Morgan fingerprint density at radius 1 is 1.39 bits per heavy atom. The Balaban J connectivity index is 1.92. The lowest BCUT2D eigenvalue weighted by atomic mass is 10.0. The van der Waals surface area contributed by atoms with Gasteiger partial charge < -0.3 is 9.73 Å². The summed E-state index contributed by atoms with van der Waals surface area (Å²) in [7, 11) is 1.69. The summed E-state index contributed by atoms with van der Waals surface area (Å²) in [6, 6.07) is 5.33. The van der Waals surface area contributed by atoms with Gasteiger partial charge in [-0.1, -0.05) is 24.3 Å². The maximum Gasteiger partial charge on any atom is 0.226 e. The van der Waals surface area contributed by atoms with E-state index in [9.17, 15) is 9.59 Å². The van der Waals surface area contributed by atoms with Gasteiger partial charge in [0.15, 0.2) is 11.6 Å². The summed E-state index contributed by atoms with van der Waals surface area (Å²) in [5.74, 6) is -1.94. The Morgan fingerprint density at radius 3 is 2.86 bits per heavy atom. The maximum atomic E-state index is 15.1. The first-order valence-electron chi connectivity index (χ1n) is 9.03. The van der Waals surface area contributed by atoms with Crippen molar-refractivity contribution < 1.29 is 18.4 Å². The second-order valence-electron chi connectivity index (χ2n) is 6.82. The van der Waals surface area contributed by atoms with Crippen molar-refractivity contribution in [3.8, 4) is 0 Å². The number of allylic oxidation sites excluding steroid dienone is 4. The molecule has 0 saturated heterocycles. The van der Waals surface area contributed by atoms with Crippen LogP contribution < -0.4 is 5.32 Å². The summed E-state index contributed by atoms with van der Waals surface area (Å²) in [4.78, 5) is 28.2. The summed E-state index contributed by atoms with van der Waals surface area (Å²) in [5.41, 5.74) is 3.23. The summed E-state index contributed by atoms with van der Waals surface area (Å²) in [6.07, 6.45) is 5.45. The van der Waals surface area contributed by atoms with Crippen molar-refractivity contribution in [2.75, 3.05) is 7.05 Å². The molecular weight excluding hydrogens is 359 g/mol. The highest BCUT2D eigenvalue weighted by Gasteiger charge is 2.39. The van der Waals surface area contributed by atoms with Gasteiger partial charge in [0, 0.05) is 42.4 Å². The van der Waals surface area contributed by atoms with Crippen LogP contribution in [0.25, 0.3) is 22.1 Å². The Kier molecular flexibility index (Phi) is 4.34. The minimum absolute atomic E-state index is 0.181. The second kappa shape index (κ2) is 6.71. The number of hydrogen-bond acceptors (Lipinski definition) is 5. The molecule has 1 aromatic carbocycles. The average Bonchev–Trinajstić information content (AvgIpc) is 3.17. The van der Waals surface area contributed by atoms with Crippen molar-refractivity contribution in [3.05, 3.63) is 58.8 Å². The number of rotatable bonds is 3. The number of carbonyl (C=O) groups is 2. The number of ketones is 2. The van der Waals surface area contributed by atoms with Crippen LogP contribution in [0, 0.1) is 0 Å². The number of para-hydroxylation sites is 1. The fourth-order valence-corrected chi connectivity index (χ4v) is 3.87. The van der Waals surface area contributed by atoms with Crippen LogP contribution in [-0.2, 0) is 16.0 Å². The predicted molar refractivity (Wildman–Crippen MR) is 107 cm³/mol. The van der Waals surface area contributed by atoms with E-state index >= 15 is 4.39 Å². The van der Waals surface area contributed by atoms with E-state index < -0.39 is 23.4 Å². The van der Waals surface area contributed by atoms with Crippen LogP contribution in [-0.4, -0.2) is 30.9 Å². The fourth-order valence-electron chi connectivity index (χ4n) is 3.87. The third kappa shape index (κ3) is 2.56.